The van der Waals surface area contributed by atoms with Gasteiger partial charge in [0.05, 0.1) is 14.2 Å². The van der Waals surface area contributed by atoms with Crippen LogP contribution in [0.1, 0.15) is 89.2 Å². The minimum Gasteiger partial charge on any atom is -0.493 e. The minimum atomic E-state index is -0.529. The predicted octanol–water partition coefficient (Wildman–Crippen LogP) is 6.56. The second-order valence-electron chi connectivity index (χ2n) is 10.4. The molecule has 2 aromatic carbocycles. The first kappa shape index (κ1) is 34.3. The fourth-order valence-corrected chi connectivity index (χ4v) is 4.32. The Balaban J connectivity index is 1.54. The Hall–Kier alpha value is -3.88. The lowest BCUT2D eigenvalue weighted by atomic mass is 10.1. The van der Waals surface area contributed by atoms with E-state index in [0.29, 0.717) is 61.6 Å². The van der Waals surface area contributed by atoms with Gasteiger partial charge in [-0.1, -0.05) is 44.2 Å². The number of esters is 1. The SMILES string of the molecule is COc1cc(CCC(C)=O)ccc1OC(=O)CCCCCCCCCNC(=O)Oc1ccc(CCC(C)=O)cc1OC. The van der Waals surface area contributed by atoms with E-state index in [1.807, 2.05) is 12.1 Å². The van der Waals surface area contributed by atoms with Gasteiger partial charge in [0.1, 0.15) is 11.6 Å². The third kappa shape index (κ3) is 13.7. The van der Waals surface area contributed by atoms with Crippen molar-refractivity contribution >= 4 is 23.6 Å². The number of ketones is 2. The van der Waals surface area contributed by atoms with Gasteiger partial charge >= 0.3 is 12.1 Å². The predicted molar refractivity (Wildman–Crippen MR) is 161 cm³/mol. The van der Waals surface area contributed by atoms with E-state index in [2.05, 4.69) is 5.32 Å². The molecule has 0 bridgehead atoms. The third-order valence-corrected chi connectivity index (χ3v) is 6.74. The zero-order valence-corrected chi connectivity index (χ0v) is 25.4. The molecule has 2 rings (SSSR count). The lowest BCUT2D eigenvalue weighted by Crippen LogP contribution is -2.27. The Morgan fingerprint density at radius 3 is 1.57 bits per heavy atom. The number of hydrogen-bond donors (Lipinski definition) is 1. The Bertz CT molecular complexity index is 1090. The molecule has 1 amide bonds. The number of methoxy groups -OCH3 is 2. The van der Waals surface area contributed by atoms with Crippen molar-refractivity contribution in [2.75, 3.05) is 20.8 Å². The summed E-state index contributed by atoms with van der Waals surface area (Å²) in [6, 6.07) is 10.7. The number of unbranched alkanes of at least 4 members (excludes halogenated alkanes) is 6. The van der Waals surface area contributed by atoms with Gasteiger partial charge in [-0.2, -0.15) is 0 Å². The van der Waals surface area contributed by atoms with Crippen molar-refractivity contribution in [2.45, 2.75) is 90.9 Å². The summed E-state index contributed by atoms with van der Waals surface area (Å²) in [5.41, 5.74) is 1.91. The quantitative estimate of drug-likeness (QED) is 0.106. The van der Waals surface area contributed by atoms with Crippen LogP contribution >= 0.6 is 0 Å². The number of rotatable bonds is 20. The summed E-state index contributed by atoms with van der Waals surface area (Å²) in [5, 5.41) is 2.77. The van der Waals surface area contributed by atoms with Crippen LogP contribution in [0.25, 0.3) is 0 Å². The van der Waals surface area contributed by atoms with E-state index in [1.54, 1.807) is 38.1 Å². The average molecular weight is 584 g/mol. The number of nitrogens with one attached hydrogen (secondary N) is 1. The van der Waals surface area contributed by atoms with Crippen LogP contribution in [-0.2, 0) is 27.2 Å². The highest BCUT2D eigenvalue weighted by molar-refractivity contribution is 5.76. The van der Waals surface area contributed by atoms with E-state index in [-0.39, 0.29) is 17.5 Å². The molecule has 0 aliphatic rings. The summed E-state index contributed by atoms with van der Waals surface area (Å²) in [4.78, 5) is 46.8. The number of aryl methyl sites for hydroxylation is 2. The summed E-state index contributed by atoms with van der Waals surface area (Å²) in [7, 11) is 3.04. The van der Waals surface area contributed by atoms with Crippen LogP contribution in [0.15, 0.2) is 36.4 Å². The van der Waals surface area contributed by atoms with Gasteiger partial charge in [0.15, 0.2) is 23.0 Å². The topological polar surface area (TPSA) is 117 Å². The largest absolute Gasteiger partial charge is 0.493 e. The molecule has 0 aliphatic carbocycles. The monoisotopic (exact) mass is 583 g/mol. The molecule has 9 nitrogen and oxygen atoms in total. The van der Waals surface area contributed by atoms with E-state index in [1.165, 1.54) is 14.2 Å². The van der Waals surface area contributed by atoms with Crippen molar-refractivity contribution in [3.8, 4) is 23.0 Å². The average Bonchev–Trinajstić information content (AvgIpc) is 2.96. The standard InChI is InChI=1S/C33H45NO8/c1-24(35)13-15-26-17-19-28(30(22-26)39-3)41-32(37)12-10-8-6-5-7-9-11-21-34-33(38)42-29-20-18-27(16-14-25(2)36)23-31(29)40-4/h17-20,22-23H,5-16,21H2,1-4H3,(H,34,38). The molecular formula is C33H45NO8. The molecule has 0 aromatic heterocycles. The third-order valence-electron chi connectivity index (χ3n) is 6.74. The van der Waals surface area contributed by atoms with Gasteiger partial charge in [0.25, 0.3) is 0 Å². The highest BCUT2D eigenvalue weighted by Crippen LogP contribution is 2.30. The normalized spacial score (nSPS) is 10.6. The molecule has 9 heteroatoms. The first-order valence-electron chi connectivity index (χ1n) is 14.7. The fourth-order valence-electron chi connectivity index (χ4n) is 4.32. The number of benzene rings is 2. The second kappa shape index (κ2) is 19.3. The molecule has 0 spiro atoms. The zero-order chi connectivity index (χ0) is 30.7. The van der Waals surface area contributed by atoms with Crippen LogP contribution in [0.4, 0.5) is 4.79 Å². The lowest BCUT2D eigenvalue weighted by Gasteiger charge is -2.11. The second-order valence-corrected chi connectivity index (χ2v) is 10.4. The Kier molecular flexibility index (Phi) is 15.8. The maximum Gasteiger partial charge on any atom is 0.412 e. The molecule has 2 aromatic rings. The van der Waals surface area contributed by atoms with Crippen LogP contribution in [-0.4, -0.2) is 44.4 Å². The van der Waals surface area contributed by atoms with Crippen LogP contribution in [0.5, 0.6) is 23.0 Å². The first-order valence-corrected chi connectivity index (χ1v) is 14.7. The van der Waals surface area contributed by atoms with Crippen molar-refractivity contribution in [2.24, 2.45) is 0 Å². The Labute approximate surface area is 249 Å². The maximum absolute atomic E-state index is 12.3. The van der Waals surface area contributed by atoms with E-state index in [9.17, 15) is 19.2 Å². The summed E-state index contributed by atoms with van der Waals surface area (Å²) >= 11 is 0. The summed E-state index contributed by atoms with van der Waals surface area (Å²) in [5.74, 6) is 1.63. The van der Waals surface area contributed by atoms with Gasteiger partial charge in [-0.3, -0.25) is 4.79 Å². The highest BCUT2D eigenvalue weighted by Gasteiger charge is 2.13. The van der Waals surface area contributed by atoms with Gasteiger partial charge in [-0.15, -0.1) is 0 Å². The van der Waals surface area contributed by atoms with Gasteiger partial charge in [-0.25, -0.2) is 4.79 Å². The van der Waals surface area contributed by atoms with Gasteiger partial charge in [0, 0.05) is 25.8 Å². The van der Waals surface area contributed by atoms with Crippen molar-refractivity contribution < 1.29 is 38.1 Å². The maximum atomic E-state index is 12.3. The van der Waals surface area contributed by atoms with E-state index in [0.717, 1.165) is 56.1 Å². The molecule has 0 aliphatic heterocycles. The Morgan fingerprint density at radius 1 is 0.595 bits per heavy atom. The Morgan fingerprint density at radius 2 is 1.07 bits per heavy atom. The summed E-state index contributed by atoms with van der Waals surface area (Å²) < 4.78 is 21.6. The number of ether oxygens (including phenoxy) is 4. The van der Waals surface area contributed by atoms with Crippen LogP contribution in [0, 0.1) is 0 Å². The molecule has 0 saturated carbocycles. The van der Waals surface area contributed by atoms with Crippen molar-refractivity contribution in [3.05, 3.63) is 47.5 Å². The highest BCUT2D eigenvalue weighted by atomic mass is 16.6. The molecule has 0 fully saturated rings. The van der Waals surface area contributed by atoms with Gasteiger partial charge < -0.3 is 33.9 Å². The molecular weight excluding hydrogens is 538 g/mol. The molecule has 0 saturated heterocycles. The van der Waals surface area contributed by atoms with Gasteiger partial charge in [-0.05, 0) is 74.9 Å². The molecule has 0 radical (unpaired) electrons. The molecule has 42 heavy (non-hydrogen) atoms. The van der Waals surface area contributed by atoms with Crippen LogP contribution in [0.3, 0.4) is 0 Å². The van der Waals surface area contributed by atoms with Crippen LogP contribution in [0.2, 0.25) is 0 Å². The lowest BCUT2D eigenvalue weighted by molar-refractivity contribution is -0.134. The molecule has 0 heterocycles. The molecule has 0 atom stereocenters. The molecule has 0 unspecified atom stereocenters. The van der Waals surface area contributed by atoms with Crippen molar-refractivity contribution in [3.63, 3.8) is 0 Å². The summed E-state index contributed by atoms with van der Waals surface area (Å²) in [6.07, 6.45) is 8.62. The smallest absolute Gasteiger partial charge is 0.412 e. The minimum absolute atomic E-state index is 0.121. The van der Waals surface area contributed by atoms with Crippen molar-refractivity contribution in [1.82, 2.24) is 5.32 Å². The number of hydrogen-bond acceptors (Lipinski definition) is 8. The number of amides is 1. The van der Waals surface area contributed by atoms with Gasteiger partial charge in [0.2, 0.25) is 0 Å². The fraction of sp³-hybridized carbons (Fsp3) is 0.515. The number of carbonyl (C=O) groups is 4. The first-order chi connectivity index (χ1) is 20.2. The van der Waals surface area contributed by atoms with Crippen LogP contribution < -0.4 is 24.3 Å². The zero-order valence-electron chi connectivity index (χ0n) is 25.4. The van der Waals surface area contributed by atoms with Crippen molar-refractivity contribution in [1.29, 1.82) is 0 Å². The number of carbonyl (C=O) groups excluding carboxylic acids is 4. The van der Waals surface area contributed by atoms with E-state index < -0.39 is 6.09 Å². The number of Topliss-reactive ketones (excluding diaryl/α,β-unsaturated/α-hetero) is 2. The van der Waals surface area contributed by atoms with E-state index in [4.69, 9.17) is 18.9 Å². The molecule has 1 N–H and O–H groups in total. The molecule has 230 valence electrons. The summed E-state index contributed by atoms with van der Waals surface area (Å²) in [6.45, 7) is 3.64. The van der Waals surface area contributed by atoms with E-state index >= 15 is 0 Å².